The zero-order valence-corrected chi connectivity index (χ0v) is 19.7. The minimum Gasteiger partial charge on any atom is -0.496 e. The van der Waals surface area contributed by atoms with Gasteiger partial charge in [0.15, 0.2) is 6.23 Å². The van der Waals surface area contributed by atoms with Crippen LogP contribution in [0.15, 0.2) is 40.7 Å². The number of tetrazole rings is 1. The number of amides is 2. The lowest BCUT2D eigenvalue weighted by Gasteiger charge is -2.55. The van der Waals surface area contributed by atoms with Crippen molar-refractivity contribution in [1.82, 2.24) is 30.4 Å². The van der Waals surface area contributed by atoms with Crippen molar-refractivity contribution in [3.8, 4) is 5.75 Å². The predicted octanol–water partition coefficient (Wildman–Crippen LogP) is -0.832. The second-order valence-corrected chi connectivity index (χ2v) is 8.43. The number of para-hydroxylation sites is 1. The van der Waals surface area contributed by atoms with Crippen LogP contribution in [0.4, 0.5) is 0 Å². The zero-order chi connectivity index (χ0) is 26.0. The molecule has 0 spiro atoms. The molecule has 0 radical (unpaired) electrons. The summed E-state index contributed by atoms with van der Waals surface area (Å²) in [6.45, 7) is -0.690. The van der Waals surface area contributed by atoms with Gasteiger partial charge < -0.3 is 29.7 Å². The molecule has 3 N–H and O–H groups in total. The van der Waals surface area contributed by atoms with Crippen LogP contribution in [0.1, 0.15) is 10.4 Å². The number of β-lactam (4-membered cyclic amide) rings is 1. The maximum absolute atomic E-state index is 13.2. The summed E-state index contributed by atoms with van der Waals surface area (Å²) in [5.74, 6) is -3.81. The van der Waals surface area contributed by atoms with E-state index in [4.69, 9.17) is 19.3 Å². The van der Waals surface area contributed by atoms with Gasteiger partial charge in [0, 0.05) is 12.9 Å². The number of ether oxygens (including phenoxy) is 3. The number of carboxylic acids is 2. The van der Waals surface area contributed by atoms with Gasteiger partial charge in [0.05, 0.1) is 19.3 Å². The van der Waals surface area contributed by atoms with E-state index in [0.29, 0.717) is 0 Å². The fourth-order valence-corrected chi connectivity index (χ4v) is 4.67. The Hall–Kier alpha value is -4.02. The van der Waals surface area contributed by atoms with Crippen molar-refractivity contribution in [2.45, 2.75) is 23.7 Å². The minimum absolute atomic E-state index is 0.00825. The normalized spacial score (nSPS) is 21.0. The van der Waals surface area contributed by atoms with Crippen LogP contribution < -0.4 is 10.1 Å². The molecule has 16 heteroatoms. The number of nitrogens with one attached hydrogen (secondary N) is 1. The van der Waals surface area contributed by atoms with Crippen molar-refractivity contribution in [2.24, 2.45) is 0 Å². The largest absolute Gasteiger partial charge is 0.496 e. The van der Waals surface area contributed by atoms with Gasteiger partial charge in [-0.15, -0.1) is 5.10 Å². The third kappa shape index (κ3) is 4.25. The first-order valence-corrected chi connectivity index (χ1v) is 11.2. The summed E-state index contributed by atoms with van der Waals surface area (Å²) in [5.41, 5.74) is -1.92. The third-order valence-electron chi connectivity index (χ3n) is 5.44. The fourth-order valence-electron chi connectivity index (χ4n) is 3.80. The van der Waals surface area contributed by atoms with Crippen molar-refractivity contribution in [3.63, 3.8) is 0 Å². The molecule has 0 saturated carbocycles. The molecule has 0 bridgehead atoms. The van der Waals surface area contributed by atoms with Crippen LogP contribution in [-0.2, 0) is 30.4 Å². The second-order valence-electron chi connectivity index (χ2n) is 7.49. The summed E-state index contributed by atoms with van der Waals surface area (Å²) in [6, 6.07) is 6.36. The molecule has 2 aliphatic rings. The molecule has 190 valence electrons. The number of methoxy groups -OCH3 is 2. The number of nitrogens with zero attached hydrogens (tertiary/aromatic N) is 5. The summed E-state index contributed by atoms with van der Waals surface area (Å²) < 4.78 is 17.3. The topological polar surface area (TPSA) is 195 Å². The number of rotatable bonds is 10. The van der Waals surface area contributed by atoms with E-state index in [9.17, 15) is 24.3 Å². The van der Waals surface area contributed by atoms with E-state index in [-0.39, 0.29) is 40.1 Å². The lowest BCUT2D eigenvalue weighted by Crippen LogP contribution is -2.82. The Balaban J connectivity index is 1.56. The summed E-state index contributed by atoms with van der Waals surface area (Å²) in [5, 5.41) is 32.2. The van der Waals surface area contributed by atoms with Gasteiger partial charge in [0.25, 0.3) is 17.5 Å². The number of aliphatic carboxylic acids is 2. The quantitative estimate of drug-likeness (QED) is 0.200. The minimum atomic E-state index is -1.96. The highest BCUT2D eigenvalue weighted by Gasteiger charge is 2.67. The molecule has 3 heterocycles. The van der Waals surface area contributed by atoms with Crippen LogP contribution in [0, 0.1) is 0 Å². The first kappa shape index (κ1) is 25.1. The number of thioether (sulfide) groups is 1. The lowest BCUT2D eigenvalue weighted by molar-refractivity contribution is -0.255. The van der Waals surface area contributed by atoms with Gasteiger partial charge in [-0.05, 0) is 28.1 Å². The van der Waals surface area contributed by atoms with Gasteiger partial charge in [-0.3, -0.25) is 19.3 Å². The van der Waals surface area contributed by atoms with Crippen molar-refractivity contribution in [2.75, 3.05) is 26.6 Å². The van der Waals surface area contributed by atoms with Crippen LogP contribution in [0.5, 0.6) is 5.75 Å². The molecule has 1 aromatic carbocycles. The summed E-state index contributed by atoms with van der Waals surface area (Å²) in [6.07, 6.45) is -1.24. The number of carboxylic acid groups (broad SMARTS) is 2. The Morgan fingerprint density at radius 2 is 2.03 bits per heavy atom. The van der Waals surface area contributed by atoms with E-state index in [1.807, 2.05) is 0 Å². The fraction of sp³-hybridized carbons (Fsp3) is 0.350. The summed E-state index contributed by atoms with van der Waals surface area (Å²) in [4.78, 5) is 50.1. The summed E-state index contributed by atoms with van der Waals surface area (Å²) in [7, 11) is 2.58. The van der Waals surface area contributed by atoms with E-state index >= 15 is 0 Å². The Morgan fingerprint density at radius 1 is 1.28 bits per heavy atom. The predicted molar refractivity (Wildman–Crippen MR) is 118 cm³/mol. The highest BCUT2D eigenvalue weighted by atomic mass is 32.2. The van der Waals surface area contributed by atoms with E-state index in [1.54, 1.807) is 18.2 Å². The maximum Gasteiger partial charge on any atom is 0.352 e. The maximum atomic E-state index is 13.2. The number of carbonyl (C=O) groups is 4. The number of aromatic nitrogens is 4. The van der Waals surface area contributed by atoms with E-state index in [1.165, 1.54) is 20.3 Å². The van der Waals surface area contributed by atoms with Gasteiger partial charge in [-0.25, -0.2) is 9.48 Å². The van der Waals surface area contributed by atoms with Crippen molar-refractivity contribution in [1.29, 1.82) is 0 Å². The van der Waals surface area contributed by atoms with Gasteiger partial charge in [-0.2, -0.15) is 0 Å². The Kier molecular flexibility index (Phi) is 6.91. The van der Waals surface area contributed by atoms with Crippen LogP contribution in [0.2, 0.25) is 0 Å². The third-order valence-corrected chi connectivity index (χ3v) is 6.49. The zero-order valence-electron chi connectivity index (χ0n) is 18.9. The number of carbonyl (C=O) groups excluding carboxylic acids is 2. The molecule has 2 aromatic rings. The molecular weight excluding hydrogens is 500 g/mol. The van der Waals surface area contributed by atoms with Gasteiger partial charge in [-0.1, -0.05) is 23.9 Å². The molecule has 2 amide bonds. The van der Waals surface area contributed by atoms with Crippen LogP contribution in [0.3, 0.4) is 0 Å². The SMILES string of the molecule is COc1ccccc1C(=O)N[C@]1(OC)C(=O)N2C(C(=O)O)=C(CSc3nnnn3CC(=O)O)CO[C@@H]21. The number of fused-ring (bicyclic) bond motifs is 1. The molecule has 2 aliphatic heterocycles. The second kappa shape index (κ2) is 9.92. The molecule has 0 unspecified atom stereocenters. The Bertz CT molecular complexity index is 1260. The van der Waals surface area contributed by atoms with Crippen molar-refractivity contribution in [3.05, 3.63) is 41.1 Å². The average Bonchev–Trinajstić information content (AvgIpc) is 3.30. The standard InChI is InChI=1S/C20H20N6O9S/c1-33-12-6-4-3-5-11(12)15(29)21-20(34-2)17(32)26-14(16(30)31)10(8-35-18(20)26)9-36-19-22-23-24-25(19)7-13(27)28/h3-6,18H,7-9H2,1-2H3,(H,21,29)(H,27,28)(H,30,31)/t18-,20+/m1/s1. The molecule has 1 fully saturated rings. The molecule has 2 atom stereocenters. The van der Waals surface area contributed by atoms with Crippen LogP contribution in [-0.4, -0.2) is 97.6 Å². The first-order valence-electron chi connectivity index (χ1n) is 10.3. The molecule has 0 aliphatic carbocycles. The average molecular weight is 520 g/mol. The van der Waals surface area contributed by atoms with Gasteiger partial charge in [0.2, 0.25) is 5.16 Å². The molecule has 36 heavy (non-hydrogen) atoms. The Morgan fingerprint density at radius 3 is 2.69 bits per heavy atom. The van der Waals surface area contributed by atoms with E-state index in [2.05, 4.69) is 20.8 Å². The molecule has 15 nitrogen and oxygen atoms in total. The smallest absolute Gasteiger partial charge is 0.352 e. The molecule has 1 aromatic heterocycles. The first-order chi connectivity index (χ1) is 17.2. The van der Waals surface area contributed by atoms with Gasteiger partial charge in [0.1, 0.15) is 18.0 Å². The Labute approximate surface area is 207 Å². The highest BCUT2D eigenvalue weighted by molar-refractivity contribution is 7.99. The summed E-state index contributed by atoms with van der Waals surface area (Å²) >= 11 is 0.979. The van der Waals surface area contributed by atoms with Crippen LogP contribution >= 0.6 is 11.8 Å². The molecular formula is C20H20N6O9S. The van der Waals surface area contributed by atoms with E-state index < -0.39 is 42.3 Å². The lowest BCUT2D eigenvalue weighted by atomic mass is 9.94. The number of hydrogen-bond acceptors (Lipinski definition) is 11. The van der Waals surface area contributed by atoms with Crippen LogP contribution in [0.25, 0.3) is 0 Å². The van der Waals surface area contributed by atoms with Gasteiger partial charge >= 0.3 is 11.9 Å². The number of benzene rings is 1. The van der Waals surface area contributed by atoms with Crippen molar-refractivity contribution >= 4 is 35.5 Å². The number of hydrogen-bond donors (Lipinski definition) is 3. The van der Waals surface area contributed by atoms with E-state index in [0.717, 1.165) is 21.3 Å². The monoisotopic (exact) mass is 520 g/mol. The van der Waals surface area contributed by atoms with Crippen molar-refractivity contribution < 1.29 is 43.6 Å². The highest BCUT2D eigenvalue weighted by Crippen LogP contribution is 2.41. The molecule has 1 saturated heterocycles. The molecule has 4 rings (SSSR count).